The highest BCUT2D eigenvalue weighted by molar-refractivity contribution is 5.93. The number of carbonyl (C=O) groups excluding carboxylic acids is 1. The van der Waals surface area contributed by atoms with Gasteiger partial charge in [0.1, 0.15) is 6.26 Å². The number of rotatable bonds is 3. The van der Waals surface area contributed by atoms with E-state index in [-0.39, 0.29) is 5.91 Å². The van der Waals surface area contributed by atoms with Crippen molar-refractivity contribution in [2.24, 2.45) is 5.41 Å². The maximum Gasteiger partial charge on any atom is 0.257 e. The third-order valence-electron chi connectivity index (χ3n) is 5.14. The molecule has 120 valence electrons. The van der Waals surface area contributed by atoms with Gasteiger partial charge in [-0.05, 0) is 43.2 Å². The van der Waals surface area contributed by atoms with Gasteiger partial charge in [-0.3, -0.25) is 4.79 Å². The summed E-state index contributed by atoms with van der Waals surface area (Å²) in [6, 6.07) is 4.00. The fourth-order valence-electron chi connectivity index (χ4n) is 3.80. The average molecular weight is 312 g/mol. The predicted molar refractivity (Wildman–Crippen MR) is 85.0 cm³/mol. The number of nitrogens with zero attached hydrogens (tertiary/aromatic N) is 3. The van der Waals surface area contributed by atoms with Gasteiger partial charge in [0.15, 0.2) is 0 Å². The molecule has 0 bridgehead atoms. The first-order valence-corrected chi connectivity index (χ1v) is 8.09. The Balaban J connectivity index is 1.29. The van der Waals surface area contributed by atoms with Crippen LogP contribution in [0.2, 0.25) is 0 Å². The second-order valence-electron chi connectivity index (χ2n) is 6.63. The van der Waals surface area contributed by atoms with Gasteiger partial charge in [-0.25, -0.2) is 9.97 Å². The summed E-state index contributed by atoms with van der Waals surface area (Å²) in [5.74, 6) is 0.792. The maximum atomic E-state index is 12.3. The van der Waals surface area contributed by atoms with Crippen LogP contribution in [0.15, 0.2) is 41.5 Å². The van der Waals surface area contributed by atoms with Crippen molar-refractivity contribution >= 4 is 11.9 Å². The molecule has 2 aromatic heterocycles. The van der Waals surface area contributed by atoms with Crippen LogP contribution in [0.3, 0.4) is 0 Å². The number of nitrogens with one attached hydrogen (secondary N) is 1. The van der Waals surface area contributed by atoms with E-state index in [2.05, 4.69) is 15.3 Å². The minimum atomic E-state index is 0.0836. The topological polar surface area (TPSA) is 71.3 Å². The van der Waals surface area contributed by atoms with Crippen molar-refractivity contribution in [2.45, 2.75) is 31.7 Å². The summed E-state index contributed by atoms with van der Waals surface area (Å²) >= 11 is 0. The predicted octanol–water partition coefficient (Wildman–Crippen LogP) is 2.57. The summed E-state index contributed by atoms with van der Waals surface area (Å²) in [5, 5.41) is 3.39. The van der Waals surface area contributed by atoms with Gasteiger partial charge in [-0.1, -0.05) is 0 Å². The zero-order valence-corrected chi connectivity index (χ0v) is 12.9. The van der Waals surface area contributed by atoms with Gasteiger partial charge < -0.3 is 14.6 Å². The number of likely N-dealkylation sites (tertiary alicyclic amines) is 1. The third-order valence-corrected chi connectivity index (χ3v) is 5.14. The molecule has 0 unspecified atom stereocenters. The molecule has 1 spiro atoms. The normalized spacial score (nSPS) is 20.3. The van der Waals surface area contributed by atoms with E-state index in [1.54, 1.807) is 24.7 Å². The number of piperidine rings is 1. The van der Waals surface area contributed by atoms with E-state index in [0.717, 1.165) is 38.8 Å². The summed E-state index contributed by atoms with van der Waals surface area (Å²) in [5.41, 5.74) is 1.04. The maximum absolute atomic E-state index is 12.3. The van der Waals surface area contributed by atoms with Crippen molar-refractivity contribution in [3.8, 4) is 0 Å². The summed E-state index contributed by atoms with van der Waals surface area (Å²) in [4.78, 5) is 22.7. The first-order valence-electron chi connectivity index (χ1n) is 8.09. The van der Waals surface area contributed by atoms with Gasteiger partial charge in [0, 0.05) is 31.5 Å². The van der Waals surface area contributed by atoms with Crippen LogP contribution in [0.5, 0.6) is 0 Å². The molecule has 6 heteroatoms. The highest BCUT2D eigenvalue weighted by atomic mass is 16.3. The minimum Gasteiger partial charge on any atom is -0.472 e. The lowest BCUT2D eigenvalue weighted by Crippen LogP contribution is -2.52. The number of amides is 1. The van der Waals surface area contributed by atoms with Crippen molar-refractivity contribution in [1.29, 1.82) is 0 Å². The van der Waals surface area contributed by atoms with Crippen LogP contribution >= 0.6 is 0 Å². The van der Waals surface area contributed by atoms with Crippen molar-refractivity contribution in [3.63, 3.8) is 0 Å². The van der Waals surface area contributed by atoms with Gasteiger partial charge in [0.2, 0.25) is 5.95 Å². The zero-order chi connectivity index (χ0) is 15.7. The van der Waals surface area contributed by atoms with Crippen LogP contribution in [0.25, 0.3) is 0 Å². The average Bonchev–Trinajstić information content (AvgIpc) is 3.09. The highest BCUT2D eigenvalue weighted by Crippen LogP contribution is 2.49. The molecule has 2 aromatic rings. The molecular weight excluding hydrogens is 292 g/mol. The molecule has 6 nitrogen and oxygen atoms in total. The molecular formula is C17H20N4O2. The first-order chi connectivity index (χ1) is 11.2. The number of aromatic nitrogens is 2. The number of hydrogen-bond donors (Lipinski definition) is 1. The standard InChI is InChI=1S/C17H20N4O2/c22-15(13-2-9-23-12-13)21-7-3-17(4-8-21)10-14(11-17)20-16-18-5-1-6-19-16/h1-2,5-6,9,12,14H,3-4,7-8,10-11H2,(H,18,19,20). The molecule has 2 fully saturated rings. The molecule has 2 aliphatic rings. The van der Waals surface area contributed by atoms with Gasteiger partial charge in [0.25, 0.3) is 5.91 Å². The summed E-state index contributed by atoms with van der Waals surface area (Å²) in [6.45, 7) is 1.66. The first kappa shape index (κ1) is 14.2. The molecule has 4 rings (SSSR count). The Hall–Kier alpha value is -2.37. The second kappa shape index (κ2) is 5.68. The summed E-state index contributed by atoms with van der Waals surface area (Å²) in [7, 11) is 0. The lowest BCUT2D eigenvalue weighted by atomic mass is 9.60. The Morgan fingerprint density at radius 2 is 2.00 bits per heavy atom. The largest absolute Gasteiger partial charge is 0.472 e. The molecule has 0 aromatic carbocycles. The molecule has 1 saturated carbocycles. The molecule has 3 heterocycles. The van der Waals surface area contributed by atoms with Crippen LogP contribution in [-0.4, -0.2) is 39.9 Å². The van der Waals surface area contributed by atoms with Crippen LogP contribution in [-0.2, 0) is 0 Å². The van der Waals surface area contributed by atoms with E-state index in [0.29, 0.717) is 23.0 Å². The fourth-order valence-corrected chi connectivity index (χ4v) is 3.80. The van der Waals surface area contributed by atoms with Crippen LogP contribution in [0, 0.1) is 5.41 Å². The third kappa shape index (κ3) is 2.81. The number of furan rings is 1. The van der Waals surface area contributed by atoms with E-state index in [1.807, 2.05) is 11.0 Å². The van der Waals surface area contributed by atoms with E-state index in [1.165, 1.54) is 6.26 Å². The Morgan fingerprint density at radius 1 is 1.26 bits per heavy atom. The van der Waals surface area contributed by atoms with E-state index < -0.39 is 0 Å². The van der Waals surface area contributed by atoms with Gasteiger partial charge in [0.05, 0.1) is 11.8 Å². The van der Waals surface area contributed by atoms with Crippen LogP contribution in [0.1, 0.15) is 36.0 Å². The Labute approximate surface area is 134 Å². The fraction of sp³-hybridized carbons (Fsp3) is 0.471. The Morgan fingerprint density at radius 3 is 2.65 bits per heavy atom. The van der Waals surface area contributed by atoms with Gasteiger partial charge in [-0.2, -0.15) is 0 Å². The van der Waals surface area contributed by atoms with Crippen LogP contribution in [0.4, 0.5) is 5.95 Å². The summed E-state index contributed by atoms with van der Waals surface area (Å²) in [6.07, 6.45) is 11.0. The quantitative estimate of drug-likeness (QED) is 0.943. The highest BCUT2D eigenvalue weighted by Gasteiger charge is 2.46. The lowest BCUT2D eigenvalue weighted by molar-refractivity contribution is 0.0218. The van der Waals surface area contributed by atoms with Crippen molar-refractivity contribution < 1.29 is 9.21 Å². The molecule has 1 amide bonds. The second-order valence-corrected chi connectivity index (χ2v) is 6.63. The van der Waals surface area contributed by atoms with Crippen LogP contribution < -0.4 is 5.32 Å². The van der Waals surface area contributed by atoms with Gasteiger partial charge in [-0.15, -0.1) is 0 Å². The molecule has 23 heavy (non-hydrogen) atoms. The van der Waals surface area contributed by atoms with E-state index in [4.69, 9.17) is 4.42 Å². The van der Waals surface area contributed by atoms with Crippen molar-refractivity contribution in [3.05, 3.63) is 42.6 Å². The van der Waals surface area contributed by atoms with Crippen molar-refractivity contribution in [2.75, 3.05) is 18.4 Å². The molecule has 1 aliphatic heterocycles. The molecule has 1 N–H and O–H groups in total. The number of hydrogen-bond acceptors (Lipinski definition) is 5. The lowest BCUT2D eigenvalue weighted by Gasteiger charge is -2.52. The number of carbonyl (C=O) groups is 1. The van der Waals surface area contributed by atoms with Gasteiger partial charge >= 0.3 is 0 Å². The smallest absolute Gasteiger partial charge is 0.257 e. The number of anilines is 1. The molecule has 0 atom stereocenters. The molecule has 1 saturated heterocycles. The molecule has 0 radical (unpaired) electrons. The minimum absolute atomic E-state index is 0.0836. The monoisotopic (exact) mass is 312 g/mol. The van der Waals surface area contributed by atoms with E-state index >= 15 is 0 Å². The van der Waals surface area contributed by atoms with Crippen molar-refractivity contribution in [1.82, 2.24) is 14.9 Å². The Kier molecular flexibility index (Phi) is 3.52. The Bertz CT molecular complexity index is 655. The molecule has 1 aliphatic carbocycles. The summed E-state index contributed by atoms with van der Waals surface area (Å²) < 4.78 is 5.00. The SMILES string of the molecule is O=C(c1ccoc1)N1CCC2(CC1)CC(Nc1ncccn1)C2. The zero-order valence-electron chi connectivity index (χ0n) is 12.9. The van der Waals surface area contributed by atoms with E-state index in [9.17, 15) is 4.79 Å².